The number of rotatable bonds is 8. The van der Waals surface area contributed by atoms with Crippen LogP contribution in [-0.2, 0) is 9.59 Å². The Bertz CT molecular complexity index is 1180. The van der Waals surface area contributed by atoms with E-state index in [-0.39, 0.29) is 23.4 Å². The number of hydrogen-bond donors (Lipinski definition) is 2. The molecule has 164 valence electrons. The third-order valence-electron chi connectivity index (χ3n) is 4.82. The predicted molar refractivity (Wildman–Crippen MR) is 126 cm³/mol. The quantitative estimate of drug-likeness (QED) is 0.267. The van der Waals surface area contributed by atoms with Crippen molar-refractivity contribution in [1.82, 2.24) is 4.98 Å². The van der Waals surface area contributed by atoms with Crippen molar-refractivity contribution in [2.45, 2.75) is 29.9 Å². The van der Waals surface area contributed by atoms with Gasteiger partial charge in [0.25, 0.3) is 5.69 Å². The highest BCUT2D eigenvalue weighted by Gasteiger charge is 2.29. The summed E-state index contributed by atoms with van der Waals surface area (Å²) in [7, 11) is 0. The normalized spacial score (nSPS) is 13.9. The Kier molecular flexibility index (Phi) is 6.52. The van der Waals surface area contributed by atoms with Crippen LogP contribution in [0.1, 0.15) is 19.8 Å². The lowest BCUT2D eigenvalue weighted by atomic mass is 10.1. The fourth-order valence-corrected chi connectivity index (χ4v) is 4.59. The minimum Gasteiger partial charge on any atom is -0.326 e. The van der Waals surface area contributed by atoms with Crippen molar-refractivity contribution in [2.24, 2.45) is 5.92 Å². The van der Waals surface area contributed by atoms with Gasteiger partial charge in [0.2, 0.25) is 11.8 Å². The molecule has 0 bridgehead atoms. The van der Waals surface area contributed by atoms with Gasteiger partial charge in [0.05, 0.1) is 15.9 Å². The first kappa shape index (κ1) is 22.0. The van der Waals surface area contributed by atoms with Crippen molar-refractivity contribution in [2.75, 3.05) is 10.6 Å². The lowest BCUT2D eigenvalue weighted by Crippen LogP contribution is -2.22. The molecule has 1 saturated carbocycles. The Hall–Kier alpha value is -3.24. The summed E-state index contributed by atoms with van der Waals surface area (Å²) in [6, 6.07) is 13.6. The maximum atomic E-state index is 12.6. The van der Waals surface area contributed by atoms with Crippen molar-refractivity contribution in [3.63, 3.8) is 0 Å². The van der Waals surface area contributed by atoms with Crippen LogP contribution in [-0.4, -0.2) is 27.0 Å². The molecule has 1 unspecified atom stereocenters. The molecular weight excluding hydrogens is 448 g/mol. The van der Waals surface area contributed by atoms with Gasteiger partial charge in [-0.25, -0.2) is 4.98 Å². The summed E-state index contributed by atoms with van der Waals surface area (Å²) in [6.45, 7) is 1.80. The lowest BCUT2D eigenvalue weighted by Gasteiger charge is -2.12. The van der Waals surface area contributed by atoms with E-state index in [0.29, 0.717) is 16.4 Å². The predicted octanol–water partition coefficient (Wildman–Crippen LogP) is 5.19. The van der Waals surface area contributed by atoms with Gasteiger partial charge in [-0.1, -0.05) is 18.2 Å². The molecular formula is C22H20N4O4S2. The van der Waals surface area contributed by atoms with Gasteiger partial charge in [-0.15, -0.1) is 23.1 Å². The molecule has 0 spiro atoms. The van der Waals surface area contributed by atoms with Crippen molar-refractivity contribution < 1.29 is 14.5 Å². The molecule has 1 aliphatic rings. The summed E-state index contributed by atoms with van der Waals surface area (Å²) in [5.41, 5.74) is 1.89. The summed E-state index contributed by atoms with van der Waals surface area (Å²) in [6.07, 6.45) is 1.88. The second-order valence-electron chi connectivity index (χ2n) is 7.39. The fraction of sp³-hybridized carbons (Fsp3) is 0.227. The van der Waals surface area contributed by atoms with Gasteiger partial charge in [-0.3, -0.25) is 19.7 Å². The van der Waals surface area contributed by atoms with Crippen LogP contribution in [0.4, 0.5) is 16.5 Å². The highest BCUT2D eigenvalue weighted by Crippen LogP contribution is 2.32. The fourth-order valence-electron chi connectivity index (χ4n) is 2.94. The number of nitro groups is 1. The Balaban J connectivity index is 1.36. The molecule has 10 heteroatoms. The summed E-state index contributed by atoms with van der Waals surface area (Å²) in [4.78, 5) is 40.4. The van der Waals surface area contributed by atoms with E-state index in [1.54, 1.807) is 24.4 Å². The number of hydrogen-bond acceptors (Lipinski definition) is 7. The molecule has 1 atom stereocenters. The van der Waals surface area contributed by atoms with Gasteiger partial charge in [0.15, 0.2) is 5.13 Å². The molecule has 0 radical (unpaired) electrons. The second kappa shape index (κ2) is 9.49. The highest BCUT2D eigenvalue weighted by molar-refractivity contribution is 8.00. The Morgan fingerprint density at radius 2 is 1.97 bits per heavy atom. The number of nitrogens with zero attached hydrogens (tertiary/aromatic N) is 2. The van der Waals surface area contributed by atoms with E-state index < -0.39 is 10.2 Å². The lowest BCUT2D eigenvalue weighted by molar-refractivity contribution is -0.384. The maximum Gasteiger partial charge on any atom is 0.270 e. The average molecular weight is 469 g/mol. The van der Waals surface area contributed by atoms with Gasteiger partial charge in [-0.05, 0) is 38.0 Å². The third kappa shape index (κ3) is 5.51. The third-order valence-corrected chi connectivity index (χ3v) is 6.67. The molecule has 2 aromatic carbocycles. The first-order valence-corrected chi connectivity index (χ1v) is 11.7. The number of non-ortho nitro benzene ring substituents is 1. The standard InChI is InChI=1S/C22H20N4O4S2/c1-13(32-18-7-3-5-16(11-18)23-21(28)14-8-9-14)20(27)25-22-24-19(12-31-22)15-4-2-6-17(10-15)26(29)30/h2-7,10-14H,8-9H2,1H3,(H,23,28)(H,24,25,27). The number of carbonyl (C=O) groups excluding carboxylic acids is 2. The number of benzene rings is 2. The average Bonchev–Trinajstić information content (AvgIpc) is 3.53. The second-order valence-corrected chi connectivity index (χ2v) is 9.66. The molecule has 2 N–H and O–H groups in total. The van der Waals surface area contributed by atoms with Gasteiger partial charge in [0, 0.05) is 39.6 Å². The molecule has 1 heterocycles. The number of carbonyl (C=O) groups is 2. The number of anilines is 2. The topological polar surface area (TPSA) is 114 Å². The molecule has 4 rings (SSSR count). The zero-order valence-corrected chi connectivity index (χ0v) is 18.7. The molecule has 32 heavy (non-hydrogen) atoms. The first-order chi connectivity index (χ1) is 15.4. The van der Waals surface area contributed by atoms with Gasteiger partial charge in [0.1, 0.15) is 0 Å². The SMILES string of the molecule is CC(Sc1cccc(NC(=O)C2CC2)c1)C(=O)Nc1nc(-c2cccc([N+](=O)[O-])c2)cs1. The van der Waals surface area contributed by atoms with Gasteiger partial charge < -0.3 is 10.6 Å². The maximum absolute atomic E-state index is 12.6. The molecule has 0 aliphatic heterocycles. The van der Waals surface area contributed by atoms with Crippen molar-refractivity contribution in [1.29, 1.82) is 0 Å². The minimum atomic E-state index is -0.455. The van der Waals surface area contributed by atoms with Gasteiger partial charge >= 0.3 is 0 Å². The number of aromatic nitrogens is 1. The molecule has 8 nitrogen and oxygen atoms in total. The van der Waals surface area contributed by atoms with Crippen molar-refractivity contribution in [3.8, 4) is 11.3 Å². The van der Waals surface area contributed by atoms with Gasteiger partial charge in [-0.2, -0.15) is 0 Å². The highest BCUT2D eigenvalue weighted by atomic mass is 32.2. The smallest absolute Gasteiger partial charge is 0.270 e. The zero-order chi connectivity index (χ0) is 22.7. The van der Waals surface area contributed by atoms with Crippen molar-refractivity contribution in [3.05, 3.63) is 64.0 Å². The first-order valence-electron chi connectivity index (χ1n) is 9.98. The summed E-state index contributed by atoms with van der Waals surface area (Å²) in [5.74, 6) is -0.0372. The number of amides is 2. The molecule has 0 saturated heterocycles. The zero-order valence-electron chi connectivity index (χ0n) is 17.1. The van der Waals surface area contributed by atoms with Crippen LogP contribution in [0.5, 0.6) is 0 Å². The van der Waals surface area contributed by atoms with Crippen LogP contribution in [0.2, 0.25) is 0 Å². The van der Waals surface area contributed by atoms with E-state index in [4.69, 9.17) is 0 Å². The van der Waals surface area contributed by atoms with Crippen LogP contribution < -0.4 is 10.6 Å². The van der Waals surface area contributed by atoms with E-state index >= 15 is 0 Å². The Labute approximate surface area is 192 Å². The molecule has 1 aliphatic carbocycles. The van der Waals surface area contributed by atoms with E-state index in [1.165, 1.54) is 35.2 Å². The van der Waals surface area contributed by atoms with Crippen LogP contribution in [0.25, 0.3) is 11.3 Å². The van der Waals surface area contributed by atoms with Crippen LogP contribution in [0.15, 0.2) is 58.8 Å². The largest absolute Gasteiger partial charge is 0.326 e. The molecule has 1 fully saturated rings. The number of thioether (sulfide) groups is 1. The molecule has 1 aromatic heterocycles. The number of thiazole rings is 1. The molecule has 2 amide bonds. The Morgan fingerprint density at radius 3 is 2.72 bits per heavy atom. The van der Waals surface area contributed by atoms with E-state index in [1.807, 2.05) is 24.3 Å². The van der Waals surface area contributed by atoms with E-state index in [9.17, 15) is 19.7 Å². The summed E-state index contributed by atoms with van der Waals surface area (Å²) in [5, 5.41) is 18.5. The summed E-state index contributed by atoms with van der Waals surface area (Å²) >= 11 is 2.64. The molecule has 3 aromatic rings. The summed E-state index contributed by atoms with van der Waals surface area (Å²) < 4.78 is 0. The monoisotopic (exact) mass is 468 g/mol. The van der Waals surface area contributed by atoms with Crippen LogP contribution in [0.3, 0.4) is 0 Å². The van der Waals surface area contributed by atoms with Crippen LogP contribution >= 0.6 is 23.1 Å². The number of nitrogens with one attached hydrogen (secondary N) is 2. The Morgan fingerprint density at radius 1 is 1.19 bits per heavy atom. The number of nitro benzene ring substituents is 1. The minimum absolute atomic E-state index is 0.0124. The van der Waals surface area contributed by atoms with Crippen molar-refractivity contribution >= 4 is 51.4 Å². The van der Waals surface area contributed by atoms with E-state index in [2.05, 4.69) is 15.6 Å². The van der Waals surface area contributed by atoms with Crippen LogP contribution in [0, 0.1) is 16.0 Å². The van der Waals surface area contributed by atoms with E-state index in [0.717, 1.165) is 23.4 Å².